The van der Waals surface area contributed by atoms with Crippen molar-refractivity contribution in [3.8, 4) is 5.75 Å². The number of rotatable bonds is 7. The van der Waals surface area contributed by atoms with Gasteiger partial charge in [0.15, 0.2) is 0 Å². The van der Waals surface area contributed by atoms with Crippen molar-refractivity contribution in [1.82, 2.24) is 5.32 Å². The normalized spacial score (nSPS) is 11.1. The van der Waals surface area contributed by atoms with Gasteiger partial charge in [0.05, 0.1) is 13.0 Å². The van der Waals surface area contributed by atoms with Gasteiger partial charge in [0.25, 0.3) is 0 Å². The van der Waals surface area contributed by atoms with Crippen molar-refractivity contribution in [2.45, 2.75) is 20.3 Å². The summed E-state index contributed by atoms with van der Waals surface area (Å²) in [5.74, 6) is 0.778. The van der Waals surface area contributed by atoms with E-state index in [-0.39, 0.29) is 11.3 Å². The summed E-state index contributed by atoms with van der Waals surface area (Å²) >= 11 is 0. The molecule has 3 N–H and O–H groups in total. The molecule has 0 aliphatic carbocycles. The fourth-order valence-corrected chi connectivity index (χ4v) is 1.28. The molecule has 1 aromatic rings. The van der Waals surface area contributed by atoms with Gasteiger partial charge in [-0.1, -0.05) is 32.0 Å². The van der Waals surface area contributed by atoms with Crippen LogP contribution < -0.4 is 15.8 Å². The van der Waals surface area contributed by atoms with Gasteiger partial charge in [-0.2, -0.15) is 0 Å². The molecule has 0 atom stereocenters. The number of benzene rings is 1. The maximum atomic E-state index is 11.6. The predicted octanol–water partition coefficient (Wildman–Crippen LogP) is 1.56. The third-order valence-electron chi connectivity index (χ3n) is 2.66. The second kappa shape index (κ2) is 7.01. The molecular formula is C14H22N2O2. The third kappa shape index (κ3) is 5.68. The fraction of sp³-hybridized carbons (Fsp3) is 0.500. The van der Waals surface area contributed by atoms with Crippen LogP contribution in [0.3, 0.4) is 0 Å². The second-order valence-electron chi connectivity index (χ2n) is 5.06. The van der Waals surface area contributed by atoms with Crippen LogP contribution in [0.15, 0.2) is 30.3 Å². The zero-order chi connectivity index (χ0) is 13.4. The van der Waals surface area contributed by atoms with Crippen molar-refractivity contribution < 1.29 is 9.53 Å². The van der Waals surface area contributed by atoms with Gasteiger partial charge in [-0.15, -0.1) is 0 Å². The lowest BCUT2D eigenvalue weighted by Crippen LogP contribution is -2.38. The van der Waals surface area contributed by atoms with Crippen LogP contribution >= 0.6 is 0 Å². The SMILES string of the molecule is CC(C)(CN)CNC(=O)CCOc1ccccc1. The fourth-order valence-electron chi connectivity index (χ4n) is 1.28. The van der Waals surface area contributed by atoms with Crippen LogP contribution in [0, 0.1) is 5.41 Å². The van der Waals surface area contributed by atoms with Crippen LogP contribution in [0.1, 0.15) is 20.3 Å². The van der Waals surface area contributed by atoms with E-state index in [0.29, 0.717) is 26.1 Å². The van der Waals surface area contributed by atoms with Crippen LogP contribution in [0.2, 0.25) is 0 Å². The number of nitrogens with one attached hydrogen (secondary N) is 1. The number of para-hydroxylation sites is 1. The van der Waals surface area contributed by atoms with E-state index < -0.39 is 0 Å². The molecule has 0 aromatic heterocycles. The summed E-state index contributed by atoms with van der Waals surface area (Å²) in [6.07, 6.45) is 0.357. The van der Waals surface area contributed by atoms with Gasteiger partial charge >= 0.3 is 0 Å². The minimum atomic E-state index is -0.0596. The van der Waals surface area contributed by atoms with E-state index in [9.17, 15) is 4.79 Å². The number of hydrogen-bond donors (Lipinski definition) is 2. The molecule has 0 heterocycles. The van der Waals surface area contributed by atoms with Crippen molar-refractivity contribution in [2.75, 3.05) is 19.7 Å². The highest BCUT2D eigenvalue weighted by Gasteiger charge is 2.16. The van der Waals surface area contributed by atoms with Crippen molar-refractivity contribution in [1.29, 1.82) is 0 Å². The Labute approximate surface area is 109 Å². The van der Waals surface area contributed by atoms with Crippen LogP contribution in [0.5, 0.6) is 5.75 Å². The smallest absolute Gasteiger partial charge is 0.223 e. The Kier molecular flexibility index (Phi) is 5.65. The zero-order valence-electron chi connectivity index (χ0n) is 11.1. The summed E-state index contributed by atoms with van der Waals surface area (Å²) in [6, 6.07) is 9.47. The Morgan fingerprint density at radius 3 is 2.61 bits per heavy atom. The molecule has 0 saturated carbocycles. The van der Waals surface area contributed by atoms with Crippen molar-refractivity contribution in [2.24, 2.45) is 11.1 Å². The standard InChI is InChI=1S/C14H22N2O2/c1-14(2,10-15)11-16-13(17)8-9-18-12-6-4-3-5-7-12/h3-7H,8-11,15H2,1-2H3,(H,16,17). The molecule has 0 radical (unpaired) electrons. The quantitative estimate of drug-likeness (QED) is 0.772. The minimum Gasteiger partial charge on any atom is -0.493 e. The molecule has 0 aliphatic heterocycles. The molecule has 0 unspecified atom stereocenters. The molecule has 0 aliphatic rings. The summed E-state index contributed by atoms with van der Waals surface area (Å²) in [4.78, 5) is 11.6. The highest BCUT2D eigenvalue weighted by atomic mass is 16.5. The average Bonchev–Trinajstić information content (AvgIpc) is 2.38. The highest BCUT2D eigenvalue weighted by molar-refractivity contribution is 5.76. The van der Waals surface area contributed by atoms with Gasteiger partial charge in [0.1, 0.15) is 5.75 Å². The van der Waals surface area contributed by atoms with E-state index in [4.69, 9.17) is 10.5 Å². The van der Waals surface area contributed by atoms with E-state index >= 15 is 0 Å². The van der Waals surface area contributed by atoms with Gasteiger partial charge in [-0.3, -0.25) is 4.79 Å². The van der Waals surface area contributed by atoms with E-state index in [1.807, 2.05) is 44.2 Å². The van der Waals surface area contributed by atoms with Gasteiger partial charge < -0.3 is 15.8 Å². The van der Waals surface area contributed by atoms with E-state index in [1.165, 1.54) is 0 Å². The monoisotopic (exact) mass is 250 g/mol. The third-order valence-corrected chi connectivity index (χ3v) is 2.66. The molecule has 1 aromatic carbocycles. The number of carbonyl (C=O) groups excluding carboxylic acids is 1. The number of hydrogen-bond acceptors (Lipinski definition) is 3. The van der Waals surface area contributed by atoms with Crippen LogP contribution in [0.4, 0.5) is 0 Å². The van der Waals surface area contributed by atoms with E-state index in [1.54, 1.807) is 0 Å². The molecule has 0 fully saturated rings. The summed E-state index contributed by atoms with van der Waals surface area (Å²) in [6.45, 7) is 5.57. The molecule has 100 valence electrons. The lowest BCUT2D eigenvalue weighted by atomic mass is 9.94. The van der Waals surface area contributed by atoms with Gasteiger partial charge in [-0.05, 0) is 24.1 Å². The molecule has 1 amide bonds. The van der Waals surface area contributed by atoms with Gasteiger partial charge in [0, 0.05) is 6.54 Å². The zero-order valence-corrected chi connectivity index (χ0v) is 11.1. The number of amides is 1. The molecule has 0 spiro atoms. The Morgan fingerprint density at radius 1 is 1.33 bits per heavy atom. The Bertz CT molecular complexity index is 363. The molecule has 0 saturated heterocycles. The summed E-state index contributed by atoms with van der Waals surface area (Å²) in [7, 11) is 0. The molecule has 0 bridgehead atoms. The topological polar surface area (TPSA) is 64.3 Å². The van der Waals surface area contributed by atoms with E-state index in [0.717, 1.165) is 5.75 Å². The Hall–Kier alpha value is -1.55. The first kappa shape index (κ1) is 14.5. The van der Waals surface area contributed by atoms with Crippen molar-refractivity contribution in [3.63, 3.8) is 0 Å². The van der Waals surface area contributed by atoms with Crippen molar-refractivity contribution >= 4 is 5.91 Å². The Balaban J connectivity index is 2.18. The molecular weight excluding hydrogens is 228 g/mol. The lowest BCUT2D eigenvalue weighted by molar-refractivity contribution is -0.122. The van der Waals surface area contributed by atoms with E-state index in [2.05, 4.69) is 5.32 Å². The highest BCUT2D eigenvalue weighted by Crippen LogP contribution is 2.10. The number of nitrogens with two attached hydrogens (primary N) is 1. The maximum absolute atomic E-state index is 11.6. The van der Waals surface area contributed by atoms with Crippen LogP contribution in [-0.4, -0.2) is 25.6 Å². The van der Waals surface area contributed by atoms with Crippen molar-refractivity contribution in [3.05, 3.63) is 30.3 Å². The summed E-state index contributed by atoms with van der Waals surface area (Å²) < 4.78 is 5.45. The van der Waals surface area contributed by atoms with Gasteiger partial charge in [-0.25, -0.2) is 0 Å². The first-order valence-corrected chi connectivity index (χ1v) is 6.18. The predicted molar refractivity (Wildman–Crippen MR) is 72.4 cm³/mol. The molecule has 4 nitrogen and oxygen atoms in total. The first-order chi connectivity index (χ1) is 8.53. The van der Waals surface area contributed by atoms with Crippen LogP contribution in [-0.2, 0) is 4.79 Å². The lowest BCUT2D eigenvalue weighted by Gasteiger charge is -2.22. The first-order valence-electron chi connectivity index (χ1n) is 6.18. The largest absolute Gasteiger partial charge is 0.493 e. The Morgan fingerprint density at radius 2 is 2.00 bits per heavy atom. The summed E-state index contributed by atoms with van der Waals surface area (Å²) in [5.41, 5.74) is 5.53. The van der Waals surface area contributed by atoms with Gasteiger partial charge in [0.2, 0.25) is 5.91 Å². The number of ether oxygens (including phenoxy) is 1. The minimum absolute atomic E-state index is 0.00699. The second-order valence-corrected chi connectivity index (χ2v) is 5.06. The summed E-state index contributed by atoms with van der Waals surface area (Å²) in [5, 5.41) is 2.86. The van der Waals surface area contributed by atoms with Crippen LogP contribution in [0.25, 0.3) is 0 Å². The molecule has 1 rings (SSSR count). The molecule has 4 heteroatoms. The maximum Gasteiger partial charge on any atom is 0.223 e. The molecule has 18 heavy (non-hydrogen) atoms. The number of carbonyl (C=O) groups is 1. The average molecular weight is 250 g/mol.